The van der Waals surface area contributed by atoms with E-state index in [1.165, 1.54) is 0 Å². The van der Waals surface area contributed by atoms with Gasteiger partial charge in [-0.15, -0.1) is 24.8 Å². The molecule has 5 heteroatoms. The van der Waals surface area contributed by atoms with Crippen LogP contribution >= 0.6 is 24.8 Å². The zero-order valence-electron chi connectivity index (χ0n) is 11.7. The van der Waals surface area contributed by atoms with Crippen molar-refractivity contribution >= 4 is 24.8 Å². The summed E-state index contributed by atoms with van der Waals surface area (Å²) in [6.07, 6.45) is 0.0786. The summed E-state index contributed by atoms with van der Waals surface area (Å²) < 4.78 is 5.53. The molecule has 0 aromatic carbocycles. The van der Waals surface area contributed by atoms with Crippen molar-refractivity contribution in [1.29, 1.82) is 0 Å². The van der Waals surface area contributed by atoms with Crippen molar-refractivity contribution in [2.24, 2.45) is 0 Å². The van der Waals surface area contributed by atoms with Gasteiger partial charge in [0.25, 0.3) is 0 Å². The molecule has 0 spiro atoms. The number of hydrogen-bond donors (Lipinski definition) is 1. The highest BCUT2D eigenvalue weighted by molar-refractivity contribution is 5.85. The lowest BCUT2D eigenvalue weighted by Gasteiger charge is -2.28. The Morgan fingerprint density at radius 1 is 1.22 bits per heavy atom. The molecule has 1 fully saturated rings. The predicted octanol–water partition coefficient (Wildman–Crippen LogP) is 1.94. The first-order valence-electron chi connectivity index (χ1n) is 6.17. The molecular formula is C13H26Cl2N2O. The second-order valence-corrected chi connectivity index (χ2v) is 4.74. The molecule has 0 bridgehead atoms. The molecule has 1 unspecified atom stereocenters. The Kier molecular flexibility index (Phi) is 12.3. The standard InChI is InChI=1S/C13H24N2O.2ClH/c1-11(2)15(12(3)4)8-5-6-13-10-14-7-9-16-13;;/h11-14H,7-10H2,1-4H3;2*1H. The summed E-state index contributed by atoms with van der Waals surface area (Å²) in [6.45, 7) is 12.2. The molecular weight excluding hydrogens is 271 g/mol. The molecule has 1 saturated heterocycles. The lowest BCUT2D eigenvalue weighted by Crippen LogP contribution is -2.38. The minimum absolute atomic E-state index is 0. The Morgan fingerprint density at radius 2 is 1.83 bits per heavy atom. The molecule has 0 aromatic rings. The van der Waals surface area contributed by atoms with Crippen LogP contribution < -0.4 is 5.32 Å². The number of morpholine rings is 1. The van der Waals surface area contributed by atoms with E-state index in [1.807, 2.05) is 0 Å². The van der Waals surface area contributed by atoms with E-state index < -0.39 is 0 Å². The number of rotatable bonds is 3. The molecule has 18 heavy (non-hydrogen) atoms. The number of hydrogen-bond acceptors (Lipinski definition) is 3. The van der Waals surface area contributed by atoms with Gasteiger partial charge in [0.2, 0.25) is 0 Å². The third-order valence-electron chi connectivity index (χ3n) is 2.78. The van der Waals surface area contributed by atoms with Crippen molar-refractivity contribution in [3.63, 3.8) is 0 Å². The molecule has 1 atom stereocenters. The van der Waals surface area contributed by atoms with Crippen LogP contribution in [0.1, 0.15) is 27.7 Å². The number of halogens is 2. The van der Waals surface area contributed by atoms with Crippen molar-refractivity contribution < 1.29 is 4.74 Å². The average Bonchev–Trinajstić information content (AvgIpc) is 2.24. The van der Waals surface area contributed by atoms with Crippen molar-refractivity contribution in [2.75, 3.05) is 26.2 Å². The van der Waals surface area contributed by atoms with Gasteiger partial charge in [0, 0.05) is 25.2 Å². The van der Waals surface area contributed by atoms with Crippen LogP contribution in [0.3, 0.4) is 0 Å². The van der Waals surface area contributed by atoms with Crippen molar-refractivity contribution in [1.82, 2.24) is 10.2 Å². The Hall–Kier alpha value is 0.0200. The number of nitrogens with one attached hydrogen (secondary N) is 1. The van der Waals surface area contributed by atoms with Gasteiger partial charge in [-0.1, -0.05) is 11.8 Å². The van der Waals surface area contributed by atoms with Crippen LogP contribution in [0.25, 0.3) is 0 Å². The smallest absolute Gasteiger partial charge is 0.130 e. The molecule has 0 aliphatic carbocycles. The molecule has 0 aromatic heterocycles. The molecule has 0 amide bonds. The van der Waals surface area contributed by atoms with E-state index >= 15 is 0 Å². The first-order valence-corrected chi connectivity index (χ1v) is 6.17. The SMILES string of the molecule is CC(C)N(CC#CC1CNCCO1)C(C)C.Cl.Cl. The predicted molar refractivity (Wildman–Crippen MR) is 81.9 cm³/mol. The van der Waals surface area contributed by atoms with Gasteiger partial charge < -0.3 is 10.1 Å². The van der Waals surface area contributed by atoms with E-state index in [2.05, 4.69) is 49.8 Å². The van der Waals surface area contributed by atoms with E-state index in [9.17, 15) is 0 Å². The van der Waals surface area contributed by atoms with E-state index in [0.717, 1.165) is 26.2 Å². The molecule has 1 rings (SSSR count). The summed E-state index contributed by atoms with van der Waals surface area (Å²) >= 11 is 0. The second-order valence-electron chi connectivity index (χ2n) is 4.74. The number of nitrogens with zero attached hydrogens (tertiary/aromatic N) is 1. The summed E-state index contributed by atoms with van der Waals surface area (Å²) in [6, 6.07) is 1.08. The van der Waals surface area contributed by atoms with Gasteiger partial charge in [-0.05, 0) is 27.7 Å². The van der Waals surface area contributed by atoms with Gasteiger partial charge in [0.05, 0.1) is 13.2 Å². The molecule has 1 N–H and O–H groups in total. The van der Waals surface area contributed by atoms with Crippen LogP contribution in [0, 0.1) is 11.8 Å². The highest BCUT2D eigenvalue weighted by Crippen LogP contribution is 2.03. The fourth-order valence-corrected chi connectivity index (χ4v) is 1.87. The normalized spacial score (nSPS) is 18.9. The highest BCUT2D eigenvalue weighted by Gasteiger charge is 2.12. The Bertz CT molecular complexity index is 247. The second kappa shape index (κ2) is 10.9. The van der Waals surface area contributed by atoms with Crippen LogP contribution in [0.15, 0.2) is 0 Å². The quantitative estimate of drug-likeness (QED) is 0.806. The van der Waals surface area contributed by atoms with Crippen molar-refractivity contribution in [2.45, 2.75) is 45.9 Å². The summed E-state index contributed by atoms with van der Waals surface area (Å²) in [5, 5.41) is 3.28. The molecule has 0 saturated carbocycles. The number of ether oxygens (including phenoxy) is 1. The largest absolute Gasteiger partial charge is 0.363 e. The monoisotopic (exact) mass is 296 g/mol. The third-order valence-corrected chi connectivity index (χ3v) is 2.78. The topological polar surface area (TPSA) is 24.5 Å². The maximum absolute atomic E-state index is 5.53. The van der Waals surface area contributed by atoms with E-state index in [4.69, 9.17) is 4.74 Å². The Morgan fingerprint density at radius 3 is 2.28 bits per heavy atom. The van der Waals surface area contributed by atoms with E-state index in [1.54, 1.807) is 0 Å². The Balaban J connectivity index is 0. The van der Waals surface area contributed by atoms with E-state index in [-0.39, 0.29) is 30.9 Å². The maximum atomic E-state index is 5.53. The van der Waals surface area contributed by atoms with Gasteiger partial charge >= 0.3 is 0 Å². The first kappa shape index (κ1) is 20.3. The summed E-state index contributed by atoms with van der Waals surface area (Å²) in [5.41, 5.74) is 0. The van der Waals surface area contributed by atoms with Gasteiger partial charge in [-0.3, -0.25) is 4.90 Å². The summed E-state index contributed by atoms with van der Waals surface area (Å²) in [5.74, 6) is 6.41. The molecule has 0 radical (unpaired) electrons. The van der Waals surface area contributed by atoms with E-state index in [0.29, 0.717) is 12.1 Å². The lowest BCUT2D eigenvalue weighted by molar-refractivity contribution is 0.0649. The molecule has 3 nitrogen and oxygen atoms in total. The molecule has 108 valence electrons. The Labute approximate surface area is 124 Å². The molecule has 1 aliphatic rings. The zero-order chi connectivity index (χ0) is 12.0. The highest BCUT2D eigenvalue weighted by atomic mass is 35.5. The minimum atomic E-state index is 0. The first-order chi connectivity index (χ1) is 7.61. The summed E-state index contributed by atoms with van der Waals surface area (Å²) in [4.78, 5) is 2.38. The molecule has 1 aliphatic heterocycles. The van der Waals surface area contributed by atoms with Gasteiger partial charge in [0.1, 0.15) is 6.10 Å². The van der Waals surface area contributed by atoms with Crippen molar-refractivity contribution in [3.8, 4) is 11.8 Å². The van der Waals surface area contributed by atoms with Crippen LogP contribution in [0.2, 0.25) is 0 Å². The van der Waals surface area contributed by atoms with Crippen LogP contribution in [-0.4, -0.2) is 49.3 Å². The minimum Gasteiger partial charge on any atom is -0.363 e. The van der Waals surface area contributed by atoms with Crippen molar-refractivity contribution in [3.05, 3.63) is 0 Å². The van der Waals surface area contributed by atoms with Crippen LogP contribution in [0.5, 0.6) is 0 Å². The maximum Gasteiger partial charge on any atom is 0.130 e. The third kappa shape index (κ3) is 7.45. The van der Waals surface area contributed by atoms with Crippen LogP contribution in [0.4, 0.5) is 0 Å². The zero-order valence-corrected chi connectivity index (χ0v) is 13.4. The fourth-order valence-electron chi connectivity index (χ4n) is 1.87. The fraction of sp³-hybridized carbons (Fsp3) is 0.846. The van der Waals surface area contributed by atoms with Gasteiger partial charge in [-0.2, -0.15) is 0 Å². The van der Waals surface area contributed by atoms with Gasteiger partial charge in [0.15, 0.2) is 0 Å². The van der Waals surface area contributed by atoms with Crippen LogP contribution in [-0.2, 0) is 4.74 Å². The lowest BCUT2D eigenvalue weighted by atomic mass is 10.2. The average molecular weight is 297 g/mol. The summed E-state index contributed by atoms with van der Waals surface area (Å²) in [7, 11) is 0. The van der Waals surface area contributed by atoms with Gasteiger partial charge in [-0.25, -0.2) is 0 Å². The molecule has 1 heterocycles.